The van der Waals surface area contributed by atoms with Crippen molar-refractivity contribution in [1.82, 2.24) is 13.7 Å². The predicted molar refractivity (Wildman–Crippen MR) is 138 cm³/mol. The van der Waals surface area contributed by atoms with E-state index in [4.69, 9.17) is 9.47 Å². The molecule has 0 spiro atoms. The minimum atomic E-state index is -4.67. The first-order valence-electron chi connectivity index (χ1n) is 12.8. The summed E-state index contributed by atoms with van der Waals surface area (Å²) < 4.78 is 80.4. The van der Waals surface area contributed by atoms with Crippen LogP contribution in [0.15, 0.2) is 29.4 Å². The number of hydrogen-bond acceptors (Lipinski definition) is 5. The first-order chi connectivity index (χ1) is 18.0. The number of amides is 1. The van der Waals surface area contributed by atoms with Crippen LogP contribution in [0, 0.1) is 5.92 Å². The van der Waals surface area contributed by atoms with Gasteiger partial charge in [-0.2, -0.15) is 18.2 Å². The maximum absolute atomic E-state index is 13.6. The second-order valence-electron chi connectivity index (χ2n) is 11.3. The Hall–Kier alpha value is -2.64. The van der Waals surface area contributed by atoms with Crippen LogP contribution in [0.4, 0.5) is 13.2 Å². The van der Waals surface area contributed by atoms with Crippen molar-refractivity contribution in [3.8, 4) is 5.75 Å². The second-order valence-corrected chi connectivity index (χ2v) is 13.3. The average molecular weight is 573 g/mol. The van der Waals surface area contributed by atoms with Crippen molar-refractivity contribution in [3.05, 3.63) is 46.6 Å². The van der Waals surface area contributed by atoms with Gasteiger partial charge in [0.2, 0.25) is 10.0 Å². The molecular weight excluding hydrogens is 537 g/mol. The molecule has 0 aliphatic carbocycles. The summed E-state index contributed by atoms with van der Waals surface area (Å²) in [4.78, 5) is 17.9. The topological polar surface area (TPSA) is 95.1 Å². The third-order valence-electron chi connectivity index (χ3n) is 7.00. The van der Waals surface area contributed by atoms with Crippen LogP contribution < -0.4 is 10.2 Å². The van der Waals surface area contributed by atoms with Crippen LogP contribution >= 0.6 is 0 Å². The number of aromatic nitrogens is 2. The highest BCUT2D eigenvalue weighted by molar-refractivity contribution is 7.88. The Balaban J connectivity index is 1.70. The maximum Gasteiger partial charge on any atom is 0.416 e. The molecule has 1 atom stereocenters. The Morgan fingerprint density at radius 3 is 2.46 bits per heavy atom. The first-order valence-corrected chi connectivity index (χ1v) is 14.7. The molecule has 39 heavy (non-hydrogen) atoms. The smallest absolute Gasteiger partial charge is 0.416 e. The largest absolute Gasteiger partial charge is 0.492 e. The van der Waals surface area contributed by atoms with E-state index in [-0.39, 0.29) is 43.0 Å². The molecule has 2 fully saturated rings. The molecule has 2 aliphatic rings. The molecule has 2 aromatic rings. The van der Waals surface area contributed by atoms with Crippen LogP contribution in [0.1, 0.15) is 55.1 Å². The van der Waals surface area contributed by atoms with Gasteiger partial charge in [-0.25, -0.2) is 12.7 Å². The Labute approximate surface area is 226 Å². The zero-order valence-corrected chi connectivity index (χ0v) is 23.6. The minimum Gasteiger partial charge on any atom is -0.492 e. The van der Waals surface area contributed by atoms with Gasteiger partial charge in [0, 0.05) is 44.4 Å². The number of alkyl halides is 3. The highest BCUT2D eigenvalue weighted by atomic mass is 32.2. The Morgan fingerprint density at radius 2 is 1.90 bits per heavy atom. The van der Waals surface area contributed by atoms with Crippen molar-refractivity contribution in [2.75, 3.05) is 32.6 Å². The van der Waals surface area contributed by atoms with Gasteiger partial charge in [-0.1, -0.05) is 20.8 Å². The molecule has 1 aromatic carbocycles. The van der Waals surface area contributed by atoms with Gasteiger partial charge in [0.15, 0.2) is 5.49 Å². The summed E-state index contributed by atoms with van der Waals surface area (Å²) in [6.07, 6.45) is 0.0524. The normalized spacial score (nSPS) is 19.9. The van der Waals surface area contributed by atoms with Gasteiger partial charge in [0.25, 0.3) is 5.91 Å². The minimum absolute atomic E-state index is 0.0338. The number of sulfonamides is 1. The van der Waals surface area contributed by atoms with Crippen molar-refractivity contribution in [3.63, 3.8) is 0 Å². The van der Waals surface area contributed by atoms with Crippen LogP contribution in [-0.4, -0.2) is 66.7 Å². The molecule has 1 aromatic heterocycles. The molecule has 0 radical (unpaired) electrons. The molecule has 2 saturated heterocycles. The summed E-state index contributed by atoms with van der Waals surface area (Å²) in [5.74, 6) is -1.04. The van der Waals surface area contributed by atoms with Crippen LogP contribution in [0.25, 0.3) is 0 Å². The van der Waals surface area contributed by atoms with Crippen molar-refractivity contribution in [2.45, 2.75) is 57.9 Å². The van der Waals surface area contributed by atoms with E-state index >= 15 is 0 Å². The fraction of sp³-hybridized carbons (Fsp3) is 0.615. The van der Waals surface area contributed by atoms with Gasteiger partial charge in [-0.05, 0) is 36.5 Å². The number of rotatable bonds is 7. The van der Waals surface area contributed by atoms with Crippen LogP contribution in [0.5, 0.6) is 5.75 Å². The third-order valence-corrected chi connectivity index (χ3v) is 8.24. The van der Waals surface area contributed by atoms with Crippen molar-refractivity contribution >= 4 is 15.9 Å². The second kappa shape index (κ2) is 10.7. The van der Waals surface area contributed by atoms with E-state index in [0.717, 1.165) is 42.9 Å². The van der Waals surface area contributed by atoms with Gasteiger partial charge in [-0.3, -0.25) is 14.2 Å². The highest BCUT2D eigenvalue weighted by Gasteiger charge is 2.35. The quantitative estimate of drug-likeness (QED) is 0.507. The molecule has 0 saturated carbocycles. The lowest BCUT2D eigenvalue weighted by molar-refractivity contribution is -0.137. The molecule has 4 rings (SSSR count). The van der Waals surface area contributed by atoms with Gasteiger partial charge in [0.05, 0.1) is 36.6 Å². The fourth-order valence-electron chi connectivity index (χ4n) is 4.71. The summed E-state index contributed by atoms with van der Waals surface area (Å²) in [5, 5.41) is 0. The van der Waals surface area contributed by atoms with E-state index in [1.54, 1.807) is 0 Å². The molecule has 0 unspecified atom stereocenters. The number of benzene rings is 1. The number of carbonyl (C=O) groups excluding carboxylic acids is 1. The number of ether oxygens (including phenoxy) is 2. The lowest BCUT2D eigenvalue weighted by atomic mass is 9.89. The predicted octanol–water partition coefficient (Wildman–Crippen LogP) is 3.33. The first kappa shape index (κ1) is 29.3. The summed E-state index contributed by atoms with van der Waals surface area (Å²) in [5.41, 5.74) is -0.576. The number of carbonyl (C=O) groups is 1. The molecule has 3 heterocycles. The summed E-state index contributed by atoms with van der Waals surface area (Å²) in [7, 11) is -1.49. The standard InChI is InChI=1S/C26H35F3N4O5S/c1-25(2,3)21-15-31(4)33(14-19-7-6-10-37-19)23(21)30-24(34)20-11-18(26(27,28)29)8-9-22(20)38-16-17-12-32(13-17)39(5,35)36/h8-9,11,15,17,19H,6-7,10,12-14,16H2,1-5H3/t19-/m1/s1. The van der Waals surface area contributed by atoms with Gasteiger partial charge in [0.1, 0.15) is 5.75 Å². The van der Waals surface area contributed by atoms with E-state index in [1.807, 2.05) is 43.4 Å². The van der Waals surface area contributed by atoms with Gasteiger partial charge in [-0.15, -0.1) is 0 Å². The van der Waals surface area contributed by atoms with Crippen LogP contribution in [0.2, 0.25) is 0 Å². The van der Waals surface area contributed by atoms with Crippen molar-refractivity contribution < 1.29 is 35.9 Å². The summed E-state index contributed by atoms with van der Waals surface area (Å²) in [6.45, 7) is 7.56. The number of aryl methyl sites for hydroxylation is 1. The average Bonchev–Trinajstić information content (AvgIpc) is 3.40. The Morgan fingerprint density at radius 1 is 1.21 bits per heavy atom. The molecule has 0 N–H and O–H groups in total. The van der Waals surface area contributed by atoms with Crippen LogP contribution in [-0.2, 0) is 39.9 Å². The van der Waals surface area contributed by atoms with Crippen LogP contribution in [0.3, 0.4) is 0 Å². The van der Waals surface area contributed by atoms with Gasteiger partial charge >= 0.3 is 6.18 Å². The van der Waals surface area contributed by atoms with E-state index in [2.05, 4.69) is 4.99 Å². The number of halogens is 3. The maximum atomic E-state index is 13.6. The Bertz CT molecular complexity index is 1390. The zero-order valence-electron chi connectivity index (χ0n) is 22.8. The van der Waals surface area contributed by atoms with E-state index in [1.165, 1.54) is 4.31 Å². The monoisotopic (exact) mass is 572 g/mol. The Kier molecular flexibility index (Phi) is 8.08. The zero-order chi connectivity index (χ0) is 28.8. The van der Waals surface area contributed by atoms with Crippen molar-refractivity contribution in [1.29, 1.82) is 0 Å². The lowest BCUT2D eigenvalue weighted by Gasteiger charge is -2.36. The van der Waals surface area contributed by atoms with E-state index in [9.17, 15) is 26.4 Å². The lowest BCUT2D eigenvalue weighted by Crippen LogP contribution is -2.51. The van der Waals surface area contributed by atoms with Crippen molar-refractivity contribution in [2.24, 2.45) is 18.0 Å². The molecule has 9 nitrogen and oxygen atoms in total. The molecule has 13 heteroatoms. The summed E-state index contributed by atoms with van der Waals surface area (Å²) >= 11 is 0. The third kappa shape index (κ3) is 6.75. The van der Waals surface area contributed by atoms with E-state index < -0.39 is 33.1 Å². The SMILES string of the molecule is Cn1cc(C(C)(C)C)c(=NC(=O)c2cc(C(F)(F)F)ccc2OCC2CN(S(C)(=O)=O)C2)n1C[C@H]1CCCO1. The molecule has 2 aliphatic heterocycles. The highest BCUT2D eigenvalue weighted by Crippen LogP contribution is 2.33. The van der Waals surface area contributed by atoms with E-state index in [0.29, 0.717) is 18.6 Å². The molecule has 216 valence electrons. The number of hydrogen-bond donors (Lipinski definition) is 0. The fourth-order valence-corrected chi connectivity index (χ4v) is 5.67. The molecule has 0 bridgehead atoms. The molecule has 1 amide bonds. The molecular formula is C26H35F3N4O5S. The number of nitrogens with zero attached hydrogens (tertiary/aromatic N) is 4. The summed E-state index contributed by atoms with van der Waals surface area (Å²) in [6, 6.07) is 2.74. The van der Waals surface area contributed by atoms with Gasteiger partial charge < -0.3 is 9.47 Å².